The van der Waals surface area contributed by atoms with E-state index in [-0.39, 0.29) is 12.7 Å². The van der Waals surface area contributed by atoms with Gasteiger partial charge in [0.2, 0.25) is 0 Å². The SMILES string of the molecule is CC1OC(c2c(-c3c(Cl)cccc3Cl)noc2CC=O)O1. The molecular formula is C14H11Cl2NO4. The molecule has 0 spiro atoms. The van der Waals surface area contributed by atoms with Gasteiger partial charge in [0, 0.05) is 5.56 Å². The van der Waals surface area contributed by atoms with Gasteiger partial charge in [-0.2, -0.15) is 0 Å². The van der Waals surface area contributed by atoms with Crippen molar-refractivity contribution in [3.05, 3.63) is 39.6 Å². The summed E-state index contributed by atoms with van der Waals surface area (Å²) in [5.74, 6) is 0.382. The lowest BCUT2D eigenvalue weighted by molar-refractivity contribution is -0.382. The lowest BCUT2D eigenvalue weighted by Crippen LogP contribution is -2.32. The number of nitrogens with zero attached hydrogens (tertiary/aromatic N) is 1. The molecule has 1 aromatic heterocycles. The van der Waals surface area contributed by atoms with E-state index in [4.69, 9.17) is 37.2 Å². The van der Waals surface area contributed by atoms with Gasteiger partial charge < -0.3 is 18.8 Å². The van der Waals surface area contributed by atoms with Crippen LogP contribution in [0.4, 0.5) is 0 Å². The van der Waals surface area contributed by atoms with Crippen LogP contribution in [0.2, 0.25) is 10.0 Å². The zero-order valence-electron chi connectivity index (χ0n) is 11.0. The minimum absolute atomic E-state index is 0.0714. The number of benzene rings is 1. The van der Waals surface area contributed by atoms with Gasteiger partial charge in [-0.1, -0.05) is 34.4 Å². The summed E-state index contributed by atoms with van der Waals surface area (Å²) in [6.45, 7) is 1.77. The Labute approximate surface area is 130 Å². The molecule has 110 valence electrons. The highest BCUT2D eigenvalue weighted by Crippen LogP contribution is 2.43. The summed E-state index contributed by atoms with van der Waals surface area (Å²) in [6.07, 6.45) is -0.154. The van der Waals surface area contributed by atoms with Crippen LogP contribution in [0.5, 0.6) is 0 Å². The van der Waals surface area contributed by atoms with Crippen LogP contribution in [0.25, 0.3) is 11.3 Å². The average molecular weight is 328 g/mol. The Morgan fingerprint density at radius 3 is 2.52 bits per heavy atom. The van der Waals surface area contributed by atoms with Crippen molar-refractivity contribution >= 4 is 29.5 Å². The molecule has 0 unspecified atom stereocenters. The van der Waals surface area contributed by atoms with Crippen LogP contribution in [-0.2, 0) is 20.7 Å². The first-order valence-corrected chi connectivity index (χ1v) is 7.04. The van der Waals surface area contributed by atoms with Crippen LogP contribution < -0.4 is 0 Å². The number of carbonyl (C=O) groups excluding carboxylic acids is 1. The second kappa shape index (κ2) is 5.77. The molecule has 1 fully saturated rings. The first-order valence-electron chi connectivity index (χ1n) is 6.29. The molecule has 0 aliphatic carbocycles. The molecular weight excluding hydrogens is 317 g/mol. The van der Waals surface area contributed by atoms with Crippen molar-refractivity contribution in [1.82, 2.24) is 5.16 Å². The van der Waals surface area contributed by atoms with E-state index < -0.39 is 6.29 Å². The van der Waals surface area contributed by atoms with Gasteiger partial charge in [-0.15, -0.1) is 0 Å². The van der Waals surface area contributed by atoms with Crippen LogP contribution in [0.1, 0.15) is 24.5 Å². The van der Waals surface area contributed by atoms with E-state index in [1.165, 1.54) is 0 Å². The van der Waals surface area contributed by atoms with Gasteiger partial charge in [-0.25, -0.2) is 0 Å². The van der Waals surface area contributed by atoms with Crippen LogP contribution >= 0.6 is 23.2 Å². The summed E-state index contributed by atoms with van der Waals surface area (Å²) < 4.78 is 16.2. The Hall–Kier alpha value is -1.40. The minimum Gasteiger partial charge on any atom is -0.360 e. The summed E-state index contributed by atoms with van der Waals surface area (Å²) in [6, 6.07) is 5.14. The van der Waals surface area contributed by atoms with Crippen molar-refractivity contribution in [2.45, 2.75) is 25.9 Å². The molecule has 0 amide bonds. The Balaban J connectivity index is 2.12. The molecule has 5 nitrogen and oxygen atoms in total. The zero-order chi connectivity index (χ0) is 15.0. The van der Waals surface area contributed by atoms with Crippen LogP contribution in [-0.4, -0.2) is 17.7 Å². The van der Waals surface area contributed by atoms with Crippen LogP contribution in [0, 0.1) is 0 Å². The molecule has 2 heterocycles. The quantitative estimate of drug-likeness (QED) is 0.799. The highest BCUT2D eigenvalue weighted by atomic mass is 35.5. The van der Waals surface area contributed by atoms with Gasteiger partial charge in [0.15, 0.2) is 18.3 Å². The van der Waals surface area contributed by atoms with E-state index in [9.17, 15) is 4.79 Å². The third kappa shape index (κ3) is 2.58. The molecule has 0 saturated carbocycles. The zero-order valence-corrected chi connectivity index (χ0v) is 12.5. The van der Waals surface area contributed by atoms with Crippen molar-refractivity contribution in [2.75, 3.05) is 0 Å². The fourth-order valence-corrected chi connectivity index (χ4v) is 2.77. The molecule has 2 aromatic rings. The van der Waals surface area contributed by atoms with Crippen molar-refractivity contribution in [3.63, 3.8) is 0 Å². The number of ether oxygens (including phenoxy) is 2. The van der Waals surface area contributed by atoms with Gasteiger partial charge in [0.25, 0.3) is 0 Å². The monoisotopic (exact) mass is 327 g/mol. The molecule has 1 aliphatic rings. The number of aromatic nitrogens is 1. The molecule has 1 aliphatic heterocycles. The first kappa shape index (κ1) is 14.5. The van der Waals surface area contributed by atoms with E-state index >= 15 is 0 Å². The first-order chi connectivity index (χ1) is 10.1. The molecule has 1 saturated heterocycles. The predicted octanol–water partition coefficient (Wildman–Crippen LogP) is 3.78. The van der Waals surface area contributed by atoms with Crippen LogP contribution in [0.3, 0.4) is 0 Å². The van der Waals surface area contributed by atoms with Crippen molar-refractivity contribution < 1.29 is 18.8 Å². The van der Waals surface area contributed by atoms with E-state index in [0.717, 1.165) is 6.29 Å². The number of carbonyl (C=O) groups is 1. The van der Waals surface area contributed by atoms with Crippen LogP contribution in [0.15, 0.2) is 22.7 Å². The molecule has 0 bridgehead atoms. The van der Waals surface area contributed by atoms with Gasteiger partial charge in [0.05, 0.1) is 22.0 Å². The smallest absolute Gasteiger partial charge is 0.195 e. The number of halogens is 2. The second-order valence-electron chi connectivity index (χ2n) is 4.51. The normalized spacial score (nSPS) is 21.1. The standard InChI is InChI=1S/C14H11Cl2NO4/c1-7-19-14(20-7)12-10(5-6-18)21-17-13(12)11-8(15)3-2-4-9(11)16/h2-4,6-7,14H,5H2,1H3. The predicted molar refractivity (Wildman–Crippen MR) is 76.1 cm³/mol. The molecule has 0 radical (unpaired) electrons. The number of hydrogen-bond acceptors (Lipinski definition) is 5. The van der Waals surface area contributed by atoms with Gasteiger partial charge in [-0.05, 0) is 19.1 Å². The number of hydrogen-bond donors (Lipinski definition) is 0. The Kier molecular flexibility index (Phi) is 3.99. The molecule has 3 rings (SSSR count). The topological polar surface area (TPSA) is 61.6 Å². The van der Waals surface area contributed by atoms with E-state index in [1.54, 1.807) is 25.1 Å². The summed E-state index contributed by atoms with van der Waals surface area (Å²) in [4.78, 5) is 10.8. The Morgan fingerprint density at radius 2 is 1.95 bits per heavy atom. The summed E-state index contributed by atoms with van der Waals surface area (Å²) in [7, 11) is 0. The number of aldehydes is 1. The molecule has 21 heavy (non-hydrogen) atoms. The van der Waals surface area contributed by atoms with Gasteiger partial charge >= 0.3 is 0 Å². The maximum absolute atomic E-state index is 10.8. The summed E-state index contributed by atoms with van der Waals surface area (Å²) >= 11 is 12.4. The molecule has 0 atom stereocenters. The molecule has 1 aromatic carbocycles. The average Bonchev–Trinajstić information content (AvgIpc) is 2.79. The highest BCUT2D eigenvalue weighted by Gasteiger charge is 2.36. The molecule has 7 heteroatoms. The van der Waals surface area contributed by atoms with Crippen molar-refractivity contribution in [3.8, 4) is 11.3 Å². The highest BCUT2D eigenvalue weighted by molar-refractivity contribution is 6.39. The van der Waals surface area contributed by atoms with Crippen molar-refractivity contribution in [2.24, 2.45) is 0 Å². The Morgan fingerprint density at radius 1 is 1.29 bits per heavy atom. The fraction of sp³-hybridized carbons (Fsp3) is 0.286. The largest absolute Gasteiger partial charge is 0.360 e. The fourth-order valence-electron chi connectivity index (χ4n) is 2.20. The third-order valence-corrected chi connectivity index (χ3v) is 3.77. The maximum Gasteiger partial charge on any atom is 0.195 e. The summed E-state index contributed by atoms with van der Waals surface area (Å²) in [5, 5.41) is 4.86. The van der Waals surface area contributed by atoms with Gasteiger partial charge in [-0.3, -0.25) is 0 Å². The summed E-state index contributed by atoms with van der Waals surface area (Å²) in [5.41, 5.74) is 1.51. The van der Waals surface area contributed by atoms with E-state index in [1.807, 2.05) is 0 Å². The Bertz CT molecular complexity index is 659. The minimum atomic E-state index is -0.636. The second-order valence-corrected chi connectivity index (χ2v) is 5.32. The molecule has 0 N–H and O–H groups in total. The van der Waals surface area contributed by atoms with E-state index in [2.05, 4.69) is 5.16 Å². The van der Waals surface area contributed by atoms with Crippen molar-refractivity contribution in [1.29, 1.82) is 0 Å². The lowest BCUT2D eigenvalue weighted by Gasteiger charge is -2.33. The van der Waals surface area contributed by atoms with Gasteiger partial charge in [0.1, 0.15) is 12.0 Å². The third-order valence-electron chi connectivity index (χ3n) is 3.14. The number of rotatable bonds is 4. The lowest BCUT2D eigenvalue weighted by atomic mass is 10.0. The van der Waals surface area contributed by atoms with E-state index in [0.29, 0.717) is 32.6 Å². The maximum atomic E-state index is 10.8.